The van der Waals surface area contributed by atoms with Crippen LogP contribution in [-0.4, -0.2) is 4.92 Å². The van der Waals surface area contributed by atoms with Gasteiger partial charge in [-0.3, -0.25) is 10.1 Å². The maximum atomic E-state index is 10.0. The van der Waals surface area contributed by atoms with Crippen LogP contribution >= 0.6 is 39.1 Å². The molecule has 0 aliphatic rings. The zero-order valence-corrected chi connectivity index (χ0v) is 13.5. The Labute approximate surface area is 135 Å². The fraction of sp³-hybridized carbons (Fsp3) is 0.143. The van der Waals surface area contributed by atoms with Crippen molar-refractivity contribution >= 4 is 39.1 Å². The molecule has 2 aromatic rings. The number of halogens is 3. The Balaban J connectivity index is 0.000000204. The Bertz CT molecular complexity index is 544. The first-order valence-electron chi connectivity index (χ1n) is 5.68. The molecular weight excluding hydrogens is 365 g/mol. The van der Waals surface area contributed by atoms with Crippen LogP contribution in [0, 0.1) is 10.1 Å². The summed E-state index contributed by atoms with van der Waals surface area (Å²) in [5.74, 6) is 0. The molecule has 0 saturated carbocycles. The molecule has 0 saturated heterocycles. The van der Waals surface area contributed by atoms with E-state index in [4.69, 9.17) is 23.2 Å². The summed E-state index contributed by atoms with van der Waals surface area (Å²) in [6.07, 6.45) is 0. The van der Waals surface area contributed by atoms with Crippen LogP contribution in [0.4, 0.5) is 0 Å². The van der Waals surface area contributed by atoms with Crippen molar-refractivity contribution in [3.05, 3.63) is 79.8 Å². The molecular formula is C14H12BrCl2NO2. The molecule has 2 rings (SSSR count). The van der Waals surface area contributed by atoms with Gasteiger partial charge in [0.25, 0.3) is 0 Å². The van der Waals surface area contributed by atoms with Gasteiger partial charge in [-0.05, 0) is 29.8 Å². The average molecular weight is 377 g/mol. The van der Waals surface area contributed by atoms with Gasteiger partial charge >= 0.3 is 0 Å². The highest BCUT2D eigenvalue weighted by molar-refractivity contribution is 9.08. The predicted molar refractivity (Wildman–Crippen MR) is 86.2 cm³/mol. The number of rotatable bonds is 3. The molecule has 0 N–H and O–H groups in total. The summed E-state index contributed by atoms with van der Waals surface area (Å²) in [5.41, 5.74) is 1.92. The third-order valence-corrected chi connectivity index (χ3v) is 3.44. The van der Waals surface area contributed by atoms with E-state index < -0.39 is 0 Å². The molecule has 0 radical (unpaired) electrons. The zero-order chi connectivity index (χ0) is 15.0. The van der Waals surface area contributed by atoms with Crippen LogP contribution < -0.4 is 0 Å². The van der Waals surface area contributed by atoms with Gasteiger partial charge in [0.1, 0.15) is 0 Å². The van der Waals surface area contributed by atoms with Crippen molar-refractivity contribution in [3.63, 3.8) is 0 Å². The smallest absolute Gasteiger partial charge is 0.228 e. The lowest BCUT2D eigenvalue weighted by Gasteiger charge is -1.93. The Morgan fingerprint density at radius 2 is 1.30 bits per heavy atom. The molecule has 0 aliphatic carbocycles. The molecule has 2 aromatic carbocycles. The van der Waals surface area contributed by atoms with Gasteiger partial charge in [0, 0.05) is 25.9 Å². The highest BCUT2D eigenvalue weighted by Gasteiger charge is 1.99. The van der Waals surface area contributed by atoms with Gasteiger partial charge in [0.15, 0.2) is 0 Å². The van der Waals surface area contributed by atoms with Gasteiger partial charge in [-0.2, -0.15) is 0 Å². The Morgan fingerprint density at radius 1 is 0.900 bits per heavy atom. The van der Waals surface area contributed by atoms with Gasteiger partial charge in [-0.15, -0.1) is 0 Å². The van der Waals surface area contributed by atoms with Crippen LogP contribution in [0.2, 0.25) is 10.0 Å². The first kappa shape index (κ1) is 17.0. The third kappa shape index (κ3) is 6.89. The molecule has 0 bridgehead atoms. The standard InChI is InChI=1S/C7H6BrCl.C7H6ClNO2/c8-5-6-1-3-7(9)4-2-6;8-7-3-1-6(2-4-7)5-9(10)11/h1-4H,5H2;1-4H,5H2. The van der Waals surface area contributed by atoms with Crippen molar-refractivity contribution in [2.75, 3.05) is 0 Å². The van der Waals surface area contributed by atoms with Gasteiger partial charge in [-0.25, -0.2) is 0 Å². The molecule has 6 heteroatoms. The highest BCUT2D eigenvalue weighted by atomic mass is 79.9. The molecule has 20 heavy (non-hydrogen) atoms. The second-order valence-corrected chi connectivity index (χ2v) is 5.31. The molecule has 0 aromatic heterocycles. The van der Waals surface area contributed by atoms with E-state index >= 15 is 0 Å². The molecule has 3 nitrogen and oxygen atoms in total. The molecule has 0 spiro atoms. The van der Waals surface area contributed by atoms with Crippen LogP contribution in [0.25, 0.3) is 0 Å². The first-order chi connectivity index (χ1) is 9.51. The van der Waals surface area contributed by atoms with Crippen LogP contribution in [-0.2, 0) is 11.9 Å². The SMILES string of the molecule is Clc1ccc(CBr)cc1.O=[N+]([O-])Cc1ccc(Cl)cc1. The van der Waals surface area contributed by atoms with Gasteiger partial charge in [0.2, 0.25) is 6.54 Å². The Kier molecular flexibility index (Phi) is 7.59. The lowest BCUT2D eigenvalue weighted by Crippen LogP contribution is -1.97. The summed E-state index contributed by atoms with van der Waals surface area (Å²) >= 11 is 14.6. The molecule has 0 unspecified atom stereocenters. The topological polar surface area (TPSA) is 43.1 Å². The summed E-state index contributed by atoms with van der Waals surface area (Å²) in [6, 6.07) is 14.3. The van der Waals surface area contributed by atoms with E-state index in [-0.39, 0.29) is 11.5 Å². The van der Waals surface area contributed by atoms with Gasteiger partial charge < -0.3 is 0 Å². The van der Waals surface area contributed by atoms with Crippen LogP contribution in [0.1, 0.15) is 11.1 Å². The van der Waals surface area contributed by atoms with E-state index in [0.29, 0.717) is 10.6 Å². The summed E-state index contributed by atoms with van der Waals surface area (Å²) in [7, 11) is 0. The van der Waals surface area contributed by atoms with Crippen molar-refractivity contribution < 1.29 is 4.92 Å². The number of hydrogen-bond acceptors (Lipinski definition) is 2. The van der Waals surface area contributed by atoms with Crippen molar-refractivity contribution in [2.24, 2.45) is 0 Å². The second kappa shape index (κ2) is 8.95. The number of benzene rings is 2. The molecule has 106 valence electrons. The van der Waals surface area contributed by atoms with Gasteiger partial charge in [0.05, 0.1) is 0 Å². The lowest BCUT2D eigenvalue weighted by molar-refractivity contribution is -0.496. The van der Waals surface area contributed by atoms with Crippen molar-refractivity contribution in [2.45, 2.75) is 11.9 Å². The summed E-state index contributed by atoms with van der Waals surface area (Å²) in [4.78, 5) is 9.65. The molecule has 0 atom stereocenters. The van der Waals surface area contributed by atoms with E-state index in [1.165, 1.54) is 5.56 Å². The van der Waals surface area contributed by atoms with Crippen molar-refractivity contribution in [3.8, 4) is 0 Å². The van der Waals surface area contributed by atoms with E-state index in [2.05, 4.69) is 15.9 Å². The quantitative estimate of drug-likeness (QED) is 0.411. The normalized spacial score (nSPS) is 9.55. The largest absolute Gasteiger partial charge is 0.264 e. The molecule has 0 aliphatic heterocycles. The van der Waals surface area contributed by atoms with Gasteiger partial charge in [-0.1, -0.05) is 63.4 Å². The minimum atomic E-state index is -0.372. The minimum absolute atomic E-state index is 0.142. The van der Waals surface area contributed by atoms with E-state index in [1.807, 2.05) is 24.3 Å². The first-order valence-corrected chi connectivity index (χ1v) is 7.55. The summed E-state index contributed by atoms with van der Waals surface area (Å²) < 4.78 is 0. The number of nitrogens with zero attached hydrogens (tertiary/aromatic N) is 1. The molecule has 0 heterocycles. The second-order valence-electron chi connectivity index (χ2n) is 3.88. The predicted octanol–water partition coefficient (Wildman–Crippen LogP) is 5.35. The highest BCUT2D eigenvalue weighted by Crippen LogP contribution is 2.11. The lowest BCUT2D eigenvalue weighted by atomic mass is 10.2. The maximum absolute atomic E-state index is 10.0. The van der Waals surface area contributed by atoms with E-state index in [9.17, 15) is 10.1 Å². The summed E-state index contributed by atoms with van der Waals surface area (Å²) in [6.45, 7) is -0.142. The average Bonchev–Trinajstić information content (AvgIpc) is 2.43. The number of alkyl halides is 1. The summed E-state index contributed by atoms with van der Waals surface area (Å²) in [5, 5.41) is 12.3. The van der Waals surface area contributed by atoms with Crippen LogP contribution in [0.5, 0.6) is 0 Å². The Hall–Kier alpha value is -1.10. The molecule has 0 amide bonds. The van der Waals surface area contributed by atoms with Crippen molar-refractivity contribution in [1.82, 2.24) is 0 Å². The van der Waals surface area contributed by atoms with Crippen LogP contribution in [0.15, 0.2) is 48.5 Å². The molecule has 0 fully saturated rings. The van der Waals surface area contributed by atoms with Crippen molar-refractivity contribution in [1.29, 1.82) is 0 Å². The fourth-order valence-corrected chi connectivity index (χ4v) is 1.94. The monoisotopic (exact) mass is 375 g/mol. The minimum Gasteiger partial charge on any atom is -0.264 e. The Morgan fingerprint density at radius 3 is 1.65 bits per heavy atom. The van der Waals surface area contributed by atoms with E-state index in [0.717, 1.165) is 10.4 Å². The van der Waals surface area contributed by atoms with Crippen LogP contribution in [0.3, 0.4) is 0 Å². The van der Waals surface area contributed by atoms with E-state index in [1.54, 1.807) is 24.3 Å². The third-order valence-electron chi connectivity index (χ3n) is 2.29. The zero-order valence-electron chi connectivity index (χ0n) is 10.4. The number of hydrogen-bond donors (Lipinski definition) is 0. The fourth-order valence-electron chi connectivity index (χ4n) is 1.31. The number of nitro groups is 1. The maximum Gasteiger partial charge on any atom is 0.228 e.